The molecule has 2 aromatic rings. The average molecular weight is 390 g/mol. The van der Waals surface area contributed by atoms with Crippen molar-refractivity contribution in [3.63, 3.8) is 0 Å². The van der Waals surface area contributed by atoms with Crippen LogP contribution in [0.5, 0.6) is 0 Å². The number of aryl methyl sites for hydroxylation is 1. The van der Waals surface area contributed by atoms with Crippen LogP contribution in [0, 0.1) is 6.92 Å². The van der Waals surface area contributed by atoms with Gasteiger partial charge in [0.05, 0.1) is 4.88 Å². The molecule has 0 saturated carbocycles. The van der Waals surface area contributed by atoms with E-state index in [1.807, 2.05) is 43.3 Å². The van der Waals surface area contributed by atoms with Crippen molar-refractivity contribution in [2.75, 3.05) is 12.3 Å². The van der Waals surface area contributed by atoms with E-state index in [2.05, 4.69) is 5.32 Å². The van der Waals surface area contributed by atoms with E-state index in [0.717, 1.165) is 10.6 Å². The van der Waals surface area contributed by atoms with Gasteiger partial charge in [-0.15, -0.1) is 23.1 Å². The van der Waals surface area contributed by atoms with E-state index in [9.17, 15) is 14.4 Å². The lowest BCUT2D eigenvalue weighted by atomic mass is 10.1. The molecule has 6 heteroatoms. The summed E-state index contributed by atoms with van der Waals surface area (Å²) >= 11 is 3.13. The number of ketones is 2. The zero-order valence-electron chi connectivity index (χ0n) is 14.8. The molecule has 26 heavy (non-hydrogen) atoms. The summed E-state index contributed by atoms with van der Waals surface area (Å²) in [6.45, 7) is 2.52. The molecule has 0 fully saturated rings. The van der Waals surface area contributed by atoms with Gasteiger partial charge in [-0.1, -0.05) is 18.2 Å². The molecule has 0 aliphatic heterocycles. The Labute approximate surface area is 162 Å². The predicted molar refractivity (Wildman–Crippen MR) is 107 cm³/mol. The van der Waals surface area contributed by atoms with Crippen molar-refractivity contribution in [1.29, 1.82) is 0 Å². The van der Waals surface area contributed by atoms with Crippen LogP contribution in [0.15, 0.2) is 47.4 Å². The molecular weight excluding hydrogens is 366 g/mol. The van der Waals surface area contributed by atoms with Gasteiger partial charge in [0, 0.05) is 47.8 Å². The number of carbonyl (C=O) groups excluding carboxylic acids is 3. The lowest BCUT2D eigenvalue weighted by Crippen LogP contribution is -2.26. The van der Waals surface area contributed by atoms with Gasteiger partial charge in [-0.3, -0.25) is 14.4 Å². The van der Waals surface area contributed by atoms with Crippen LogP contribution < -0.4 is 5.32 Å². The van der Waals surface area contributed by atoms with Crippen molar-refractivity contribution in [2.45, 2.75) is 37.5 Å². The molecule has 0 atom stereocenters. The summed E-state index contributed by atoms with van der Waals surface area (Å²) in [7, 11) is 0. The van der Waals surface area contributed by atoms with Gasteiger partial charge in [0.15, 0.2) is 5.78 Å². The second-order valence-corrected chi connectivity index (χ2v) is 8.34. The fraction of sp³-hybridized carbons (Fsp3) is 0.350. The van der Waals surface area contributed by atoms with Crippen molar-refractivity contribution in [3.05, 3.63) is 52.2 Å². The first kappa shape index (κ1) is 20.4. The Morgan fingerprint density at radius 1 is 0.962 bits per heavy atom. The minimum atomic E-state index is -0.118. The van der Waals surface area contributed by atoms with Gasteiger partial charge in [0.1, 0.15) is 5.78 Å². The van der Waals surface area contributed by atoms with Gasteiger partial charge < -0.3 is 5.32 Å². The van der Waals surface area contributed by atoms with E-state index >= 15 is 0 Å². The van der Waals surface area contributed by atoms with Gasteiger partial charge in [-0.2, -0.15) is 0 Å². The Morgan fingerprint density at radius 2 is 1.69 bits per heavy atom. The van der Waals surface area contributed by atoms with Crippen molar-refractivity contribution in [3.8, 4) is 0 Å². The first-order valence-electron chi connectivity index (χ1n) is 8.60. The summed E-state index contributed by atoms with van der Waals surface area (Å²) in [5, 5.41) is 2.82. The normalized spacial score (nSPS) is 10.5. The van der Waals surface area contributed by atoms with Crippen molar-refractivity contribution < 1.29 is 14.4 Å². The van der Waals surface area contributed by atoms with E-state index in [-0.39, 0.29) is 43.2 Å². The quantitative estimate of drug-likeness (QED) is 0.354. The Bertz CT molecular complexity index is 741. The number of rotatable bonds is 11. The molecule has 1 amide bonds. The highest BCUT2D eigenvalue weighted by atomic mass is 32.2. The maximum atomic E-state index is 12.0. The summed E-state index contributed by atoms with van der Waals surface area (Å²) in [4.78, 5) is 38.6. The number of nitrogens with one attached hydrogen (secondary N) is 1. The molecule has 1 aromatic carbocycles. The van der Waals surface area contributed by atoms with E-state index in [1.165, 1.54) is 16.2 Å². The number of Topliss-reactive ketones (excluding diaryl/α,β-unsaturated/α-hetero) is 2. The average Bonchev–Trinajstić information content (AvgIpc) is 3.09. The van der Waals surface area contributed by atoms with Crippen LogP contribution in [-0.4, -0.2) is 29.8 Å². The van der Waals surface area contributed by atoms with E-state index in [4.69, 9.17) is 0 Å². The first-order chi connectivity index (χ1) is 12.5. The maximum absolute atomic E-state index is 12.0. The van der Waals surface area contributed by atoms with Gasteiger partial charge in [-0.25, -0.2) is 0 Å². The van der Waals surface area contributed by atoms with Crippen LogP contribution in [0.2, 0.25) is 0 Å². The minimum absolute atomic E-state index is 0.00108. The summed E-state index contributed by atoms with van der Waals surface area (Å²) in [6, 6.07) is 13.7. The van der Waals surface area contributed by atoms with Gasteiger partial charge in [-0.05, 0) is 31.2 Å². The first-order valence-corrected chi connectivity index (χ1v) is 10.4. The number of benzene rings is 1. The number of thioether (sulfide) groups is 1. The number of carbonyl (C=O) groups is 3. The van der Waals surface area contributed by atoms with Crippen molar-refractivity contribution >= 4 is 40.6 Å². The summed E-state index contributed by atoms with van der Waals surface area (Å²) in [5.41, 5.74) is 0. The Hall–Kier alpha value is -1.92. The Morgan fingerprint density at radius 3 is 2.38 bits per heavy atom. The number of thiophene rings is 1. The van der Waals surface area contributed by atoms with Gasteiger partial charge in [0.2, 0.25) is 5.91 Å². The molecule has 0 unspecified atom stereocenters. The fourth-order valence-electron chi connectivity index (χ4n) is 2.30. The zero-order chi connectivity index (χ0) is 18.8. The molecule has 138 valence electrons. The summed E-state index contributed by atoms with van der Waals surface area (Å²) in [6.07, 6.45) is 0.788. The molecule has 0 saturated heterocycles. The monoisotopic (exact) mass is 389 g/mol. The van der Waals surface area contributed by atoms with Crippen LogP contribution in [0.3, 0.4) is 0 Å². The minimum Gasteiger partial charge on any atom is -0.355 e. The lowest BCUT2D eigenvalue weighted by Gasteiger charge is -2.05. The van der Waals surface area contributed by atoms with E-state index in [0.29, 0.717) is 11.4 Å². The van der Waals surface area contributed by atoms with Gasteiger partial charge >= 0.3 is 0 Å². The van der Waals surface area contributed by atoms with E-state index < -0.39 is 0 Å². The number of amides is 1. The van der Waals surface area contributed by atoms with Crippen LogP contribution >= 0.6 is 23.1 Å². The van der Waals surface area contributed by atoms with Crippen LogP contribution in [0.1, 0.15) is 40.2 Å². The molecular formula is C20H23NO3S2. The van der Waals surface area contributed by atoms with Crippen LogP contribution in [0.4, 0.5) is 0 Å². The molecule has 0 radical (unpaired) electrons. The lowest BCUT2D eigenvalue weighted by molar-refractivity contribution is -0.125. The predicted octanol–water partition coefficient (Wildman–Crippen LogP) is 4.28. The molecule has 1 N–H and O–H groups in total. The second kappa shape index (κ2) is 10.9. The third kappa shape index (κ3) is 7.54. The molecule has 1 aromatic heterocycles. The highest BCUT2D eigenvalue weighted by molar-refractivity contribution is 7.99. The molecule has 2 rings (SSSR count). The largest absolute Gasteiger partial charge is 0.355 e. The number of hydrogen-bond donors (Lipinski definition) is 1. The second-order valence-electron chi connectivity index (χ2n) is 5.88. The van der Waals surface area contributed by atoms with E-state index in [1.54, 1.807) is 17.8 Å². The van der Waals surface area contributed by atoms with Gasteiger partial charge in [0.25, 0.3) is 0 Å². The maximum Gasteiger partial charge on any atom is 0.220 e. The SMILES string of the molecule is Cc1ccc(C(=O)CCC(=O)CCC(=O)NCCSc2ccccc2)s1. The number of hydrogen-bond acceptors (Lipinski definition) is 5. The molecule has 1 heterocycles. The molecule has 0 aliphatic carbocycles. The molecule has 4 nitrogen and oxygen atoms in total. The van der Waals surface area contributed by atoms with Crippen LogP contribution in [0.25, 0.3) is 0 Å². The molecule has 0 bridgehead atoms. The smallest absolute Gasteiger partial charge is 0.220 e. The standard InChI is InChI=1S/C20H23NO3S2/c1-15-7-11-19(26-15)18(23)10-8-16(22)9-12-20(24)21-13-14-25-17-5-3-2-4-6-17/h2-7,11H,8-10,12-14H2,1H3,(H,21,24). The summed E-state index contributed by atoms with van der Waals surface area (Å²) in [5.74, 6) is 0.629. The highest BCUT2D eigenvalue weighted by Crippen LogP contribution is 2.18. The summed E-state index contributed by atoms with van der Waals surface area (Å²) < 4.78 is 0. The third-order valence-electron chi connectivity index (χ3n) is 3.71. The molecule has 0 spiro atoms. The van der Waals surface area contributed by atoms with Crippen LogP contribution in [-0.2, 0) is 9.59 Å². The Kier molecular flexibility index (Phi) is 8.58. The molecule has 0 aliphatic rings. The third-order valence-corrected chi connectivity index (χ3v) is 5.77. The Balaban J connectivity index is 1.55. The topological polar surface area (TPSA) is 63.2 Å². The highest BCUT2D eigenvalue weighted by Gasteiger charge is 2.12. The van der Waals surface area contributed by atoms with Crippen molar-refractivity contribution in [1.82, 2.24) is 5.32 Å². The van der Waals surface area contributed by atoms with Crippen molar-refractivity contribution in [2.24, 2.45) is 0 Å². The fourth-order valence-corrected chi connectivity index (χ4v) is 3.93. The zero-order valence-corrected chi connectivity index (χ0v) is 16.5.